The maximum absolute atomic E-state index is 12.5. The second-order valence-electron chi connectivity index (χ2n) is 4.57. The molecule has 1 aliphatic rings. The van der Waals surface area contributed by atoms with Gasteiger partial charge in [-0.05, 0) is 41.9 Å². The smallest absolute Gasteiger partial charge is 0.428 e. The van der Waals surface area contributed by atoms with Crippen LogP contribution in [0, 0.1) is 0 Å². The van der Waals surface area contributed by atoms with E-state index in [0.717, 1.165) is 6.42 Å². The Bertz CT molecular complexity index is 684. The van der Waals surface area contributed by atoms with E-state index in [-0.39, 0.29) is 12.5 Å². The van der Waals surface area contributed by atoms with Crippen LogP contribution in [0.2, 0.25) is 0 Å². The molecule has 1 aromatic heterocycles. The number of rotatable bonds is 2. The number of hydrogen-bond donors (Lipinski definition) is 0. The second-order valence-corrected chi connectivity index (χ2v) is 4.57. The minimum absolute atomic E-state index is 0.272. The Hall–Kier alpha value is -2.64. The van der Waals surface area contributed by atoms with Gasteiger partial charge in [-0.2, -0.15) is 0 Å². The Morgan fingerprint density at radius 3 is 2.81 bits per heavy atom. The van der Waals surface area contributed by atoms with E-state index in [1.165, 1.54) is 10.0 Å². The van der Waals surface area contributed by atoms with Crippen LogP contribution in [0.15, 0.2) is 22.8 Å². The van der Waals surface area contributed by atoms with Crippen molar-refractivity contribution in [1.82, 2.24) is 20.3 Å². The first-order valence-electron chi connectivity index (χ1n) is 6.69. The normalized spacial score (nSPS) is 14.7. The topological polar surface area (TPSA) is 88.8 Å². The van der Waals surface area contributed by atoms with Gasteiger partial charge in [-0.3, -0.25) is 4.79 Å². The average Bonchev–Trinajstić information content (AvgIpc) is 3.14. The zero-order valence-corrected chi connectivity index (χ0v) is 11.5. The monoisotopic (exact) mass is 290 g/mol. The predicted octanol–water partition coefficient (Wildman–Crippen LogP) is 1.44. The number of aromatic nitrogens is 2. The lowest BCUT2D eigenvalue weighted by Gasteiger charge is -2.26. The Morgan fingerprint density at radius 1 is 1.24 bits per heavy atom. The van der Waals surface area contributed by atoms with Crippen LogP contribution < -0.4 is 0 Å². The van der Waals surface area contributed by atoms with Crippen molar-refractivity contribution in [2.45, 2.75) is 13.3 Å². The molecule has 1 aromatic carbocycles. The number of fused-ring (bicyclic) bond motifs is 1. The molecule has 0 saturated carbocycles. The fourth-order valence-electron chi connectivity index (χ4n) is 2.27. The highest BCUT2D eigenvalue weighted by Crippen LogP contribution is 2.18. The van der Waals surface area contributed by atoms with Crippen molar-refractivity contribution in [1.29, 1.82) is 0 Å². The zero-order chi connectivity index (χ0) is 14.8. The van der Waals surface area contributed by atoms with Crippen molar-refractivity contribution in [3.8, 4) is 0 Å². The molecule has 0 atom stereocenters. The van der Waals surface area contributed by atoms with E-state index in [1.807, 2.05) is 0 Å². The first-order chi connectivity index (χ1) is 10.2. The van der Waals surface area contributed by atoms with Crippen LogP contribution in [0.1, 0.15) is 23.7 Å². The molecule has 0 spiro atoms. The molecule has 0 aliphatic carbocycles. The van der Waals surface area contributed by atoms with Crippen molar-refractivity contribution in [2.24, 2.45) is 0 Å². The van der Waals surface area contributed by atoms with Gasteiger partial charge in [0.25, 0.3) is 5.91 Å². The lowest BCUT2D eigenvalue weighted by Crippen LogP contribution is -2.45. The van der Waals surface area contributed by atoms with Crippen LogP contribution in [-0.4, -0.2) is 52.0 Å². The number of ether oxygens (including phenoxy) is 1. The van der Waals surface area contributed by atoms with E-state index in [2.05, 4.69) is 14.9 Å². The quantitative estimate of drug-likeness (QED) is 0.831. The number of hydrazine groups is 1. The molecular weight excluding hydrogens is 276 g/mol. The van der Waals surface area contributed by atoms with E-state index in [4.69, 9.17) is 4.74 Å². The van der Waals surface area contributed by atoms with Gasteiger partial charge >= 0.3 is 6.09 Å². The number of nitrogens with zero attached hydrogens (tertiary/aromatic N) is 4. The first kappa shape index (κ1) is 13.3. The predicted molar refractivity (Wildman–Crippen MR) is 71.2 cm³/mol. The number of benzene rings is 1. The van der Waals surface area contributed by atoms with Crippen molar-refractivity contribution >= 4 is 23.0 Å². The minimum Gasteiger partial charge on any atom is -0.448 e. The third-order valence-electron chi connectivity index (χ3n) is 3.24. The van der Waals surface area contributed by atoms with Crippen molar-refractivity contribution in [2.75, 3.05) is 19.7 Å². The molecule has 8 nitrogen and oxygen atoms in total. The SMILES string of the molecule is CCOC(=O)N1CCCN1C(=O)c1ccc2nonc2c1. The molecule has 1 aliphatic heterocycles. The molecule has 3 rings (SSSR count). The van der Waals surface area contributed by atoms with Crippen LogP contribution in [0.5, 0.6) is 0 Å². The summed E-state index contributed by atoms with van der Waals surface area (Å²) in [5.41, 5.74) is 1.51. The van der Waals surface area contributed by atoms with E-state index in [0.29, 0.717) is 29.7 Å². The average molecular weight is 290 g/mol. The highest BCUT2D eigenvalue weighted by atomic mass is 16.6. The summed E-state index contributed by atoms with van der Waals surface area (Å²) in [5.74, 6) is -0.273. The summed E-state index contributed by atoms with van der Waals surface area (Å²) in [6, 6.07) is 4.89. The van der Waals surface area contributed by atoms with Gasteiger partial charge < -0.3 is 4.74 Å². The highest BCUT2D eigenvalue weighted by molar-refractivity contribution is 5.97. The fraction of sp³-hybridized carbons (Fsp3) is 0.385. The number of carbonyl (C=O) groups is 2. The standard InChI is InChI=1S/C13H14N4O4/c1-2-20-13(19)17-7-3-6-16(17)12(18)9-4-5-10-11(8-9)15-21-14-10/h4-5,8H,2-3,6-7H2,1H3. The van der Waals surface area contributed by atoms with E-state index in [1.54, 1.807) is 25.1 Å². The van der Waals surface area contributed by atoms with Gasteiger partial charge in [0.15, 0.2) is 0 Å². The van der Waals surface area contributed by atoms with Crippen molar-refractivity contribution in [3.05, 3.63) is 23.8 Å². The molecule has 8 heteroatoms. The van der Waals surface area contributed by atoms with E-state index < -0.39 is 6.09 Å². The van der Waals surface area contributed by atoms with Gasteiger partial charge in [0.2, 0.25) is 0 Å². The van der Waals surface area contributed by atoms with Crippen LogP contribution in [0.25, 0.3) is 11.0 Å². The molecule has 0 bridgehead atoms. The third kappa shape index (κ3) is 2.39. The summed E-state index contributed by atoms with van der Waals surface area (Å²) >= 11 is 0. The molecular formula is C13H14N4O4. The van der Waals surface area contributed by atoms with Crippen LogP contribution >= 0.6 is 0 Å². The lowest BCUT2D eigenvalue weighted by atomic mass is 10.2. The van der Waals surface area contributed by atoms with E-state index in [9.17, 15) is 9.59 Å². The third-order valence-corrected chi connectivity index (χ3v) is 3.24. The van der Waals surface area contributed by atoms with E-state index >= 15 is 0 Å². The second kappa shape index (κ2) is 5.39. The molecule has 0 N–H and O–H groups in total. The van der Waals surface area contributed by atoms with Gasteiger partial charge in [-0.25, -0.2) is 19.4 Å². The molecule has 1 fully saturated rings. The van der Waals surface area contributed by atoms with Crippen LogP contribution in [0.4, 0.5) is 4.79 Å². The number of hydrogen-bond acceptors (Lipinski definition) is 6. The number of carbonyl (C=O) groups excluding carboxylic acids is 2. The highest BCUT2D eigenvalue weighted by Gasteiger charge is 2.32. The summed E-state index contributed by atoms with van der Waals surface area (Å²) < 4.78 is 9.56. The Labute approximate surface area is 120 Å². The largest absolute Gasteiger partial charge is 0.448 e. The summed E-state index contributed by atoms with van der Waals surface area (Å²) in [5, 5.41) is 10.1. The van der Waals surface area contributed by atoms with Crippen LogP contribution in [0.3, 0.4) is 0 Å². The Balaban J connectivity index is 1.84. The van der Waals surface area contributed by atoms with Gasteiger partial charge in [0.05, 0.1) is 6.61 Å². The molecule has 2 heterocycles. The fourth-order valence-corrected chi connectivity index (χ4v) is 2.27. The van der Waals surface area contributed by atoms with Crippen LogP contribution in [-0.2, 0) is 4.74 Å². The molecule has 21 heavy (non-hydrogen) atoms. The molecule has 110 valence electrons. The molecule has 0 radical (unpaired) electrons. The maximum Gasteiger partial charge on any atom is 0.428 e. The number of amides is 2. The molecule has 2 aromatic rings. The minimum atomic E-state index is -0.507. The molecule has 2 amide bonds. The lowest BCUT2D eigenvalue weighted by molar-refractivity contribution is 0.0146. The van der Waals surface area contributed by atoms with Gasteiger partial charge in [0, 0.05) is 18.7 Å². The first-order valence-corrected chi connectivity index (χ1v) is 6.69. The summed E-state index contributed by atoms with van der Waals surface area (Å²) in [4.78, 5) is 24.4. The summed E-state index contributed by atoms with van der Waals surface area (Å²) in [6.07, 6.45) is 0.214. The van der Waals surface area contributed by atoms with Crippen molar-refractivity contribution in [3.63, 3.8) is 0 Å². The molecule has 0 unspecified atom stereocenters. The van der Waals surface area contributed by atoms with Gasteiger partial charge in [-0.15, -0.1) is 0 Å². The summed E-state index contributed by atoms with van der Waals surface area (Å²) in [6.45, 7) is 2.95. The molecule has 1 saturated heterocycles. The van der Waals surface area contributed by atoms with Gasteiger partial charge in [0.1, 0.15) is 11.0 Å². The Kier molecular flexibility index (Phi) is 3.43. The zero-order valence-electron chi connectivity index (χ0n) is 11.5. The Morgan fingerprint density at radius 2 is 2.00 bits per heavy atom. The summed E-state index contributed by atoms with van der Waals surface area (Å²) in [7, 11) is 0. The maximum atomic E-state index is 12.5. The van der Waals surface area contributed by atoms with Gasteiger partial charge in [-0.1, -0.05) is 0 Å². The van der Waals surface area contributed by atoms with Crippen molar-refractivity contribution < 1.29 is 19.0 Å².